The molecule has 0 amide bonds. The fourth-order valence-electron chi connectivity index (χ4n) is 0. The molecule has 0 spiro atoms. The normalized spacial score (nSPS) is 9.67. The van der Waals surface area contributed by atoms with Gasteiger partial charge in [0.15, 0.2) is 0 Å². The van der Waals surface area contributed by atoms with E-state index in [0.29, 0.717) is 0 Å². The van der Waals surface area contributed by atoms with Crippen LogP contribution in [0.15, 0.2) is 0 Å². The molecule has 0 bridgehead atoms. The average molecular weight is 532 g/mol. The predicted molar refractivity (Wildman–Crippen MR) is 53.9 cm³/mol. The van der Waals surface area contributed by atoms with E-state index in [4.69, 9.17) is 70.1 Å². The number of hydrogen-bond donors (Lipinski definition) is 2. The summed E-state index contributed by atoms with van der Waals surface area (Å²) < 4.78 is 136. The van der Waals surface area contributed by atoms with Gasteiger partial charge in [0.1, 0.15) is 0 Å². The zero-order valence-corrected chi connectivity index (χ0v) is 16.3. The predicted octanol–water partition coefficient (Wildman–Crippen LogP) is -4.60. The Bertz CT molecular complexity index is 487. The molecule has 0 aromatic carbocycles. The maximum absolute atomic E-state index is 8.52. The summed E-state index contributed by atoms with van der Waals surface area (Å²) in [5.41, 5.74) is 0. The molecule has 2 radical (unpaired) electrons. The molecule has 0 unspecified atom stereocenters. The summed E-state index contributed by atoms with van der Waals surface area (Å²) in [7, 11) is -20.7. The van der Waals surface area contributed by atoms with Crippen molar-refractivity contribution in [1.29, 1.82) is 0 Å². The van der Waals surface area contributed by atoms with Gasteiger partial charge in [-0.05, 0) is 0 Å². The van der Waals surface area contributed by atoms with Crippen LogP contribution in [0.1, 0.15) is 0 Å². The Morgan fingerprint density at radius 2 is 0.333 bits per heavy atom. The molecule has 0 aromatic heterocycles. The fourth-order valence-corrected chi connectivity index (χ4v) is 0. The van der Waals surface area contributed by atoms with Crippen LogP contribution in [0, 0.1) is 0 Å². The van der Waals surface area contributed by atoms with Crippen molar-refractivity contribution in [2.75, 3.05) is 0 Å². The van der Waals surface area contributed by atoms with Crippen molar-refractivity contribution in [1.82, 2.24) is 12.3 Å². The average Bonchev–Trinajstić information content (AvgIpc) is 1.62. The molecule has 0 saturated carbocycles. The van der Waals surface area contributed by atoms with Crippen LogP contribution in [0.2, 0.25) is 0 Å². The third-order valence-electron chi connectivity index (χ3n) is 0. The van der Waals surface area contributed by atoms with Crippen molar-refractivity contribution >= 4 is 41.6 Å². The molecule has 0 aliphatic heterocycles. The molecule has 0 saturated heterocycles. The third kappa shape index (κ3) is 53500. The summed E-state index contributed by atoms with van der Waals surface area (Å²) in [6.07, 6.45) is 0. The molecule has 154 valence electrons. The maximum atomic E-state index is 8.52. The first-order chi connectivity index (χ1) is 8.00. The van der Waals surface area contributed by atoms with Crippen LogP contribution in [-0.2, 0) is 75.7 Å². The molecule has 24 heteroatoms. The van der Waals surface area contributed by atoms with Crippen LogP contribution in [0.5, 0.6) is 0 Å². The second-order valence-electron chi connectivity index (χ2n) is 1.63. The van der Waals surface area contributed by atoms with Gasteiger partial charge in [-0.15, -0.1) is 0 Å². The molecule has 8 N–H and O–H groups in total. The molecule has 0 aromatic rings. The van der Waals surface area contributed by atoms with Gasteiger partial charge in [0.2, 0.25) is 0 Å². The second kappa shape index (κ2) is 19.8. The molecule has 18 nitrogen and oxygen atoms in total. The van der Waals surface area contributed by atoms with Crippen LogP contribution in [0.4, 0.5) is 0 Å². The molecular formula is H8Fe2N2O16S4. The first-order valence-corrected chi connectivity index (χ1v) is 8.00. The Balaban J connectivity index is -0.0000000225. The van der Waals surface area contributed by atoms with Crippen LogP contribution in [0.25, 0.3) is 0 Å². The van der Waals surface area contributed by atoms with Crippen LogP contribution < -0.4 is 12.3 Å². The van der Waals surface area contributed by atoms with E-state index in [1.165, 1.54) is 0 Å². The molecule has 0 heterocycles. The summed E-state index contributed by atoms with van der Waals surface area (Å²) in [4.78, 5) is 0. The van der Waals surface area contributed by atoms with Gasteiger partial charge >= 0.3 is 34.1 Å². The van der Waals surface area contributed by atoms with Crippen molar-refractivity contribution < 1.29 is 104 Å². The van der Waals surface area contributed by atoms with Gasteiger partial charge in [0, 0.05) is 41.6 Å². The fraction of sp³-hybridized carbons (Fsp3) is 0. The van der Waals surface area contributed by atoms with Gasteiger partial charge in [-0.1, -0.05) is 0 Å². The van der Waals surface area contributed by atoms with Crippen LogP contribution in [-0.4, -0.2) is 70.1 Å². The summed E-state index contributed by atoms with van der Waals surface area (Å²) in [6.45, 7) is 0. The Morgan fingerprint density at radius 1 is 0.333 bits per heavy atom. The van der Waals surface area contributed by atoms with E-state index in [1.54, 1.807) is 0 Å². The van der Waals surface area contributed by atoms with Crippen molar-refractivity contribution in [3.8, 4) is 0 Å². The van der Waals surface area contributed by atoms with Gasteiger partial charge in [0.05, 0.1) is 0 Å². The summed E-state index contributed by atoms with van der Waals surface area (Å²) in [5, 5.41) is 0. The van der Waals surface area contributed by atoms with E-state index in [2.05, 4.69) is 0 Å². The standard InChI is InChI=1S/2Fe.2H3N.4H2O4S/c;;;;4*1-5(2,3)4/h;;2*1H3;4*(H2,1,2,3,4)/q2*+3;;;;;;/p-6. The minimum atomic E-state index is -5.17. The van der Waals surface area contributed by atoms with Crippen LogP contribution in [0.3, 0.4) is 0 Å². The van der Waals surface area contributed by atoms with E-state index in [9.17, 15) is 0 Å². The van der Waals surface area contributed by atoms with Crippen molar-refractivity contribution in [3.63, 3.8) is 0 Å². The monoisotopic (exact) mass is 532 g/mol. The van der Waals surface area contributed by atoms with Crippen molar-refractivity contribution in [2.24, 2.45) is 0 Å². The Hall–Kier alpha value is 0.439. The zero-order valence-electron chi connectivity index (χ0n) is 10.9. The van der Waals surface area contributed by atoms with Gasteiger partial charge in [-0.3, -0.25) is 33.7 Å². The van der Waals surface area contributed by atoms with Gasteiger partial charge < -0.3 is 48.7 Å². The Morgan fingerprint density at radius 3 is 0.333 bits per heavy atom. The molecule has 0 aliphatic carbocycles. The van der Waals surface area contributed by atoms with Gasteiger partial charge in [-0.2, -0.15) is 0 Å². The minimum absolute atomic E-state index is 0. The number of rotatable bonds is 0. The SMILES string of the molecule is O=S(=O)([O-])[O-].O=S(=O)([O-])[O-].O=S(=O)([O-])[O-].O=S(=O)([O-])[O-].[Fe+3].[Fe+3].[NH4+].[NH4+]. The van der Waals surface area contributed by atoms with Gasteiger partial charge in [0.25, 0.3) is 0 Å². The molecule has 0 fully saturated rings. The first-order valence-electron chi connectivity index (χ1n) is 2.67. The Labute approximate surface area is 157 Å². The van der Waals surface area contributed by atoms with E-state index in [0.717, 1.165) is 0 Å². The third-order valence-corrected chi connectivity index (χ3v) is 0. The molecule has 24 heavy (non-hydrogen) atoms. The molecule has 0 rings (SSSR count). The van der Waals surface area contributed by atoms with Crippen molar-refractivity contribution in [3.05, 3.63) is 0 Å². The topological polar surface area (TPSA) is 394 Å². The molecular weight excluding hydrogens is 524 g/mol. The smallest absolute Gasteiger partial charge is 0.759 e. The largest absolute Gasteiger partial charge is 3.00 e. The minimum Gasteiger partial charge on any atom is -0.759 e. The second-order valence-corrected chi connectivity index (χ2v) is 4.90. The summed E-state index contributed by atoms with van der Waals surface area (Å²) >= 11 is 0. The van der Waals surface area contributed by atoms with Crippen LogP contribution >= 0.6 is 0 Å². The van der Waals surface area contributed by atoms with Gasteiger partial charge in [-0.25, -0.2) is 0 Å². The quantitative estimate of drug-likeness (QED) is 0.168. The number of hydrogen-bond acceptors (Lipinski definition) is 16. The van der Waals surface area contributed by atoms with E-state index < -0.39 is 41.6 Å². The molecule has 0 aliphatic rings. The van der Waals surface area contributed by atoms with E-state index in [-0.39, 0.29) is 46.4 Å². The maximum Gasteiger partial charge on any atom is 3.00 e. The number of quaternary nitrogens is 2. The zero-order chi connectivity index (χ0) is 18.0. The summed E-state index contributed by atoms with van der Waals surface area (Å²) in [6, 6.07) is 0. The first kappa shape index (κ1) is 49.7. The summed E-state index contributed by atoms with van der Waals surface area (Å²) in [5.74, 6) is 0. The van der Waals surface area contributed by atoms with E-state index >= 15 is 0 Å². The van der Waals surface area contributed by atoms with E-state index in [1.807, 2.05) is 0 Å². The molecule has 0 atom stereocenters. The van der Waals surface area contributed by atoms with Crippen molar-refractivity contribution in [2.45, 2.75) is 0 Å². The Kier molecular flexibility index (Phi) is 40.9.